The van der Waals surface area contributed by atoms with Crippen molar-refractivity contribution < 1.29 is 15.1 Å². The minimum Gasteiger partial charge on any atom is -0.481 e. The Bertz CT molecular complexity index is 162. The summed E-state index contributed by atoms with van der Waals surface area (Å²) in [6.45, 7) is 0.690. The van der Waals surface area contributed by atoms with Gasteiger partial charge >= 0.3 is 5.97 Å². The molecule has 0 aliphatic heterocycles. The fourth-order valence-corrected chi connectivity index (χ4v) is 1.72. The van der Waals surface area contributed by atoms with E-state index in [0.29, 0.717) is 13.0 Å². The number of hydrogen-bond acceptors (Lipinski definition) is 3. The Balaban J connectivity index is 2.90. The quantitative estimate of drug-likeness (QED) is 0.357. The average molecular weight is 231 g/mol. The van der Waals surface area contributed by atoms with Gasteiger partial charge in [0.15, 0.2) is 0 Å². The van der Waals surface area contributed by atoms with Crippen molar-refractivity contribution in [2.24, 2.45) is 0 Å². The molecule has 0 saturated carbocycles. The molecule has 4 heteroatoms. The number of rotatable bonds is 12. The van der Waals surface area contributed by atoms with Gasteiger partial charge in [-0.2, -0.15) is 0 Å². The molecule has 0 amide bonds. The Morgan fingerprint density at radius 3 is 1.69 bits per heavy atom. The van der Waals surface area contributed by atoms with Gasteiger partial charge in [0.05, 0.1) is 0 Å². The van der Waals surface area contributed by atoms with Crippen LogP contribution in [0.2, 0.25) is 0 Å². The van der Waals surface area contributed by atoms with Crippen LogP contribution in [0, 0.1) is 0 Å². The van der Waals surface area contributed by atoms with E-state index in [1.54, 1.807) is 0 Å². The van der Waals surface area contributed by atoms with Crippen molar-refractivity contribution in [2.45, 2.75) is 64.2 Å². The van der Waals surface area contributed by atoms with E-state index < -0.39 is 5.97 Å². The predicted octanol–water partition coefficient (Wildman–Crippen LogP) is 2.95. The number of nitrogens with one attached hydrogen (secondary N) is 1. The zero-order chi connectivity index (χ0) is 12.1. The van der Waals surface area contributed by atoms with E-state index >= 15 is 0 Å². The minimum absolute atomic E-state index is 0.314. The highest BCUT2D eigenvalue weighted by atomic mass is 16.5. The smallest absolute Gasteiger partial charge is 0.303 e. The highest BCUT2D eigenvalue weighted by Gasteiger charge is 1.96. The molecule has 0 bridgehead atoms. The third-order valence-electron chi connectivity index (χ3n) is 2.68. The molecule has 4 nitrogen and oxygen atoms in total. The van der Waals surface area contributed by atoms with Gasteiger partial charge in [0.25, 0.3) is 0 Å². The first kappa shape index (κ1) is 15.4. The lowest BCUT2D eigenvalue weighted by molar-refractivity contribution is -0.137. The first-order valence-corrected chi connectivity index (χ1v) is 6.36. The molecule has 0 fully saturated rings. The Hall–Kier alpha value is -0.610. The van der Waals surface area contributed by atoms with Gasteiger partial charge in [-0.25, -0.2) is 5.48 Å². The summed E-state index contributed by atoms with van der Waals surface area (Å²) in [5.41, 5.74) is 2.15. The number of carboxylic acid groups (broad SMARTS) is 1. The maximum Gasteiger partial charge on any atom is 0.303 e. The standard InChI is InChI=1S/C12H25NO3/c14-12(15)10-8-6-4-2-1-3-5-7-9-11-13-16/h13,16H,1-11H2,(H,14,15). The van der Waals surface area contributed by atoms with Gasteiger partial charge in [0.1, 0.15) is 0 Å². The summed E-state index contributed by atoms with van der Waals surface area (Å²) in [4.78, 5) is 10.2. The monoisotopic (exact) mass is 231 g/mol. The van der Waals surface area contributed by atoms with E-state index in [-0.39, 0.29) is 0 Å². The first-order valence-electron chi connectivity index (χ1n) is 6.36. The van der Waals surface area contributed by atoms with Gasteiger partial charge in [0.2, 0.25) is 0 Å². The molecule has 0 atom stereocenters. The first-order chi connectivity index (χ1) is 7.77. The molecule has 0 aromatic carbocycles. The Labute approximate surface area is 98.0 Å². The molecule has 3 N–H and O–H groups in total. The molecule has 96 valence electrons. The molecule has 0 radical (unpaired) electrons. The number of carboxylic acids is 1. The molecular weight excluding hydrogens is 206 g/mol. The van der Waals surface area contributed by atoms with Crippen molar-refractivity contribution in [1.82, 2.24) is 5.48 Å². The number of hydroxylamine groups is 1. The van der Waals surface area contributed by atoms with E-state index in [2.05, 4.69) is 5.48 Å². The van der Waals surface area contributed by atoms with Gasteiger partial charge in [-0.05, 0) is 12.8 Å². The Morgan fingerprint density at radius 2 is 1.25 bits per heavy atom. The second-order valence-electron chi connectivity index (χ2n) is 4.23. The van der Waals surface area contributed by atoms with Gasteiger partial charge in [-0.15, -0.1) is 0 Å². The van der Waals surface area contributed by atoms with Crippen molar-refractivity contribution in [1.29, 1.82) is 0 Å². The SMILES string of the molecule is O=C(O)CCCCCCCCCCCNO. The third kappa shape index (κ3) is 13.4. The average Bonchev–Trinajstić information content (AvgIpc) is 2.25. The lowest BCUT2D eigenvalue weighted by atomic mass is 10.1. The molecule has 0 saturated heterocycles. The van der Waals surface area contributed by atoms with Crippen molar-refractivity contribution >= 4 is 5.97 Å². The summed E-state index contributed by atoms with van der Waals surface area (Å²) in [6, 6.07) is 0. The van der Waals surface area contributed by atoms with Gasteiger partial charge in [0, 0.05) is 13.0 Å². The summed E-state index contributed by atoms with van der Waals surface area (Å²) < 4.78 is 0. The molecule has 0 aromatic heterocycles. The highest BCUT2D eigenvalue weighted by molar-refractivity contribution is 5.66. The molecule has 0 aliphatic rings. The normalized spacial score (nSPS) is 10.6. The number of aliphatic carboxylic acids is 1. The van der Waals surface area contributed by atoms with Gasteiger partial charge in [-0.3, -0.25) is 4.79 Å². The van der Waals surface area contributed by atoms with Crippen LogP contribution in [0.25, 0.3) is 0 Å². The fourth-order valence-electron chi connectivity index (χ4n) is 1.72. The number of unbranched alkanes of at least 4 members (excludes halogenated alkanes) is 8. The van der Waals surface area contributed by atoms with Crippen LogP contribution in [-0.4, -0.2) is 22.8 Å². The van der Waals surface area contributed by atoms with E-state index in [1.165, 1.54) is 32.1 Å². The van der Waals surface area contributed by atoms with E-state index in [9.17, 15) is 4.79 Å². The summed E-state index contributed by atoms with van der Waals surface area (Å²) in [5, 5.41) is 16.8. The van der Waals surface area contributed by atoms with Crippen LogP contribution in [-0.2, 0) is 4.79 Å². The largest absolute Gasteiger partial charge is 0.481 e. The van der Waals surface area contributed by atoms with Crippen LogP contribution in [0.1, 0.15) is 64.2 Å². The van der Waals surface area contributed by atoms with Crippen molar-refractivity contribution in [2.75, 3.05) is 6.54 Å². The van der Waals surface area contributed by atoms with E-state index in [0.717, 1.165) is 25.7 Å². The second-order valence-corrected chi connectivity index (χ2v) is 4.23. The van der Waals surface area contributed by atoms with Gasteiger partial charge < -0.3 is 10.3 Å². The lowest BCUT2D eigenvalue weighted by Gasteiger charge is -2.01. The van der Waals surface area contributed by atoms with Crippen molar-refractivity contribution in [3.05, 3.63) is 0 Å². The molecule has 0 rings (SSSR count). The molecule has 0 unspecified atom stereocenters. The zero-order valence-corrected chi connectivity index (χ0v) is 10.1. The predicted molar refractivity (Wildman–Crippen MR) is 63.6 cm³/mol. The van der Waals surface area contributed by atoms with Gasteiger partial charge in [-0.1, -0.05) is 44.9 Å². The molecular formula is C12H25NO3. The van der Waals surface area contributed by atoms with Crippen molar-refractivity contribution in [3.63, 3.8) is 0 Å². The fraction of sp³-hybridized carbons (Fsp3) is 0.917. The molecule has 0 spiro atoms. The van der Waals surface area contributed by atoms with Crippen LogP contribution in [0.5, 0.6) is 0 Å². The van der Waals surface area contributed by atoms with Crippen LogP contribution in [0.3, 0.4) is 0 Å². The minimum atomic E-state index is -0.683. The molecule has 16 heavy (non-hydrogen) atoms. The van der Waals surface area contributed by atoms with Crippen LogP contribution in [0.4, 0.5) is 0 Å². The number of hydrogen-bond donors (Lipinski definition) is 3. The lowest BCUT2D eigenvalue weighted by Crippen LogP contribution is -2.07. The van der Waals surface area contributed by atoms with E-state index in [4.69, 9.17) is 10.3 Å². The maximum absolute atomic E-state index is 10.2. The van der Waals surface area contributed by atoms with Crippen LogP contribution in [0.15, 0.2) is 0 Å². The van der Waals surface area contributed by atoms with E-state index in [1.807, 2.05) is 0 Å². The maximum atomic E-state index is 10.2. The summed E-state index contributed by atoms with van der Waals surface area (Å²) in [7, 11) is 0. The van der Waals surface area contributed by atoms with Crippen LogP contribution < -0.4 is 5.48 Å². The Morgan fingerprint density at radius 1 is 0.812 bits per heavy atom. The Kier molecular flexibility index (Phi) is 12.0. The summed E-state index contributed by atoms with van der Waals surface area (Å²) >= 11 is 0. The molecule has 0 aliphatic carbocycles. The summed E-state index contributed by atoms with van der Waals surface area (Å²) in [5.74, 6) is -0.683. The molecule has 0 aromatic rings. The number of carbonyl (C=O) groups is 1. The molecule has 0 heterocycles. The second kappa shape index (κ2) is 12.5. The summed E-state index contributed by atoms with van der Waals surface area (Å²) in [6.07, 6.45) is 10.5. The highest BCUT2D eigenvalue weighted by Crippen LogP contribution is 2.10. The van der Waals surface area contributed by atoms with Crippen LogP contribution >= 0.6 is 0 Å². The third-order valence-corrected chi connectivity index (χ3v) is 2.68. The zero-order valence-electron chi connectivity index (χ0n) is 10.1. The topological polar surface area (TPSA) is 69.6 Å². The van der Waals surface area contributed by atoms with Crippen molar-refractivity contribution in [3.8, 4) is 0 Å².